The van der Waals surface area contributed by atoms with Gasteiger partial charge in [-0.05, 0) is 17.7 Å². The lowest BCUT2D eigenvalue weighted by atomic mass is 9.98. The van der Waals surface area contributed by atoms with Crippen LogP contribution in [0.2, 0.25) is 0 Å². The van der Waals surface area contributed by atoms with Crippen molar-refractivity contribution in [2.24, 2.45) is 5.10 Å². The molecule has 0 saturated heterocycles. The summed E-state index contributed by atoms with van der Waals surface area (Å²) < 4.78 is 103. The van der Waals surface area contributed by atoms with E-state index in [1.807, 2.05) is 0 Å². The van der Waals surface area contributed by atoms with Crippen LogP contribution in [0, 0.1) is 0 Å². The van der Waals surface area contributed by atoms with Crippen molar-refractivity contribution in [2.45, 2.75) is 18.3 Å². The monoisotopic (exact) mass is 404 g/mol. The van der Waals surface area contributed by atoms with Gasteiger partial charge >= 0.3 is 18.3 Å². The Kier molecular flexibility index (Phi) is 5.12. The summed E-state index contributed by atoms with van der Waals surface area (Å²) in [6, 6.07) is 0.926. The summed E-state index contributed by atoms with van der Waals surface area (Å²) in [5.41, 5.74) is 2.95. The molecule has 4 nitrogen and oxygen atoms in total. The van der Waals surface area contributed by atoms with Crippen LogP contribution in [-0.4, -0.2) is 17.4 Å². The Morgan fingerprint density at radius 1 is 1.04 bits per heavy atom. The zero-order valence-electron chi connectivity index (χ0n) is 12.3. The Bertz CT molecular complexity index is 809. The van der Waals surface area contributed by atoms with E-state index in [1.54, 1.807) is 0 Å². The Labute approximate surface area is 144 Å². The second kappa shape index (κ2) is 6.70. The molecule has 0 aliphatic carbocycles. The van der Waals surface area contributed by atoms with Crippen LogP contribution in [0.15, 0.2) is 28.7 Å². The Morgan fingerprint density at radius 2 is 1.69 bits per heavy atom. The van der Waals surface area contributed by atoms with Crippen LogP contribution in [0.3, 0.4) is 0 Å². The van der Waals surface area contributed by atoms with Crippen molar-refractivity contribution in [2.75, 3.05) is 11.2 Å². The second-order valence-corrected chi connectivity index (χ2v) is 5.68. The normalized spacial score (nSPS) is 13.4. The van der Waals surface area contributed by atoms with Gasteiger partial charge in [0.05, 0.1) is 11.8 Å². The number of benzene rings is 1. The van der Waals surface area contributed by atoms with E-state index in [0.717, 1.165) is 17.6 Å². The molecule has 3 N–H and O–H groups in total. The molecular formula is C13H8F8N4S. The number of hydrazone groups is 1. The predicted octanol–water partition coefficient (Wildman–Crippen LogP) is 4.84. The maximum atomic E-state index is 13.5. The van der Waals surface area contributed by atoms with Crippen molar-refractivity contribution < 1.29 is 35.1 Å². The van der Waals surface area contributed by atoms with Gasteiger partial charge in [-0.25, -0.2) is 4.98 Å². The number of nitrogens with zero attached hydrogens (tertiary/aromatic N) is 2. The average Bonchev–Trinajstić information content (AvgIpc) is 2.90. The minimum atomic E-state index is -6.20. The number of alkyl halides is 8. The first kappa shape index (κ1) is 19.9. The molecule has 0 amide bonds. The summed E-state index contributed by atoms with van der Waals surface area (Å²) in [6.45, 7) is 0. The molecular weight excluding hydrogens is 396 g/mol. The molecule has 0 fully saturated rings. The van der Waals surface area contributed by atoms with Crippen molar-refractivity contribution >= 4 is 28.5 Å². The Balaban J connectivity index is 2.40. The lowest BCUT2D eigenvalue weighted by Gasteiger charge is -2.23. The number of hydrogen-bond acceptors (Lipinski definition) is 5. The number of anilines is 2. The SMILES string of the molecule is Nc1csc(NN=Cc2ccc(C(F)(F)F)c(C(F)(F)C(F)(F)F)c2)n1. The molecule has 2 aromatic rings. The van der Waals surface area contributed by atoms with Crippen molar-refractivity contribution in [1.29, 1.82) is 0 Å². The van der Waals surface area contributed by atoms with Crippen LogP contribution in [-0.2, 0) is 12.1 Å². The van der Waals surface area contributed by atoms with Crippen LogP contribution in [0.5, 0.6) is 0 Å². The highest BCUT2D eigenvalue weighted by Crippen LogP contribution is 2.48. The molecule has 0 saturated carbocycles. The van der Waals surface area contributed by atoms with Crippen molar-refractivity contribution in [1.82, 2.24) is 4.98 Å². The first-order chi connectivity index (χ1) is 11.8. The van der Waals surface area contributed by atoms with Crippen LogP contribution in [0.1, 0.15) is 16.7 Å². The molecule has 0 aliphatic heterocycles. The largest absolute Gasteiger partial charge is 0.458 e. The molecule has 1 aromatic heterocycles. The van der Waals surface area contributed by atoms with Crippen molar-refractivity contribution in [3.05, 3.63) is 40.3 Å². The molecule has 0 unspecified atom stereocenters. The van der Waals surface area contributed by atoms with Crippen LogP contribution >= 0.6 is 11.3 Å². The first-order valence-electron chi connectivity index (χ1n) is 6.48. The molecule has 142 valence electrons. The average molecular weight is 404 g/mol. The standard InChI is InChI=1S/C13H8F8N4S/c14-11(15,13(19,20)21)8-3-6(1-2-7(8)12(16,17)18)4-23-25-10-24-9(22)5-26-10/h1-5H,22H2,(H,24,25). The first-order valence-corrected chi connectivity index (χ1v) is 7.36. The number of rotatable bonds is 4. The zero-order valence-corrected chi connectivity index (χ0v) is 13.1. The predicted molar refractivity (Wildman–Crippen MR) is 79.1 cm³/mol. The van der Waals surface area contributed by atoms with Crippen molar-refractivity contribution in [3.63, 3.8) is 0 Å². The van der Waals surface area contributed by atoms with Crippen molar-refractivity contribution in [3.8, 4) is 0 Å². The van der Waals surface area contributed by atoms with E-state index in [-0.39, 0.29) is 23.1 Å². The fourth-order valence-electron chi connectivity index (χ4n) is 1.80. The van der Waals surface area contributed by atoms with E-state index in [2.05, 4.69) is 15.5 Å². The minimum absolute atomic E-state index is 0.0811. The highest BCUT2D eigenvalue weighted by molar-refractivity contribution is 7.14. The van der Waals surface area contributed by atoms with Gasteiger partial charge in [0.2, 0.25) is 5.13 Å². The number of aromatic nitrogens is 1. The quantitative estimate of drug-likeness (QED) is 0.435. The summed E-state index contributed by atoms with van der Waals surface area (Å²) in [5, 5.41) is 5.14. The molecule has 1 aromatic carbocycles. The highest BCUT2D eigenvalue weighted by Gasteiger charge is 2.61. The number of thiazole rings is 1. The summed E-state index contributed by atoms with van der Waals surface area (Å²) in [4.78, 5) is 3.73. The lowest BCUT2D eigenvalue weighted by molar-refractivity contribution is -0.291. The molecule has 0 atom stereocenters. The van der Waals surface area contributed by atoms with E-state index in [0.29, 0.717) is 6.07 Å². The molecule has 0 radical (unpaired) electrons. The third kappa shape index (κ3) is 4.20. The third-order valence-corrected chi connectivity index (χ3v) is 3.70. The number of halogens is 8. The molecule has 1 heterocycles. The van der Waals surface area contributed by atoms with Gasteiger partial charge < -0.3 is 5.73 Å². The summed E-state index contributed by atoms with van der Waals surface area (Å²) >= 11 is 1.02. The van der Waals surface area contributed by atoms with Gasteiger partial charge in [0, 0.05) is 10.9 Å². The van der Waals surface area contributed by atoms with Gasteiger partial charge in [-0.2, -0.15) is 40.2 Å². The second-order valence-electron chi connectivity index (χ2n) is 4.82. The van der Waals surface area contributed by atoms with Crippen LogP contribution < -0.4 is 11.2 Å². The zero-order chi connectivity index (χ0) is 19.8. The fourth-order valence-corrected chi connectivity index (χ4v) is 2.35. The Hall–Kier alpha value is -2.44. The van der Waals surface area contributed by atoms with Gasteiger partial charge in [0.1, 0.15) is 5.82 Å². The molecule has 13 heteroatoms. The third-order valence-electron chi connectivity index (χ3n) is 2.94. The molecule has 0 spiro atoms. The van der Waals surface area contributed by atoms with E-state index >= 15 is 0 Å². The van der Waals surface area contributed by atoms with Gasteiger partial charge in [-0.15, -0.1) is 11.3 Å². The van der Waals surface area contributed by atoms with E-state index in [4.69, 9.17) is 5.73 Å². The summed E-state index contributed by atoms with van der Waals surface area (Å²) in [6.07, 6.45) is -10.8. The summed E-state index contributed by atoms with van der Waals surface area (Å²) in [5.74, 6) is -5.53. The van der Waals surface area contributed by atoms with Gasteiger partial charge in [-0.3, -0.25) is 5.43 Å². The highest BCUT2D eigenvalue weighted by atomic mass is 32.1. The fraction of sp³-hybridized carbons (Fsp3) is 0.231. The Morgan fingerprint density at radius 3 is 2.19 bits per heavy atom. The van der Waals surface area contributed by atoms with Gasteiger partial charge in [0.15, 0.2) is 0 Å². The maximum Gasteiger partial charge on any atom is 0.458 e. The number of nitrogens with two attached hydrogens (primary N) is 1. The molecule has 2 rings (SSSR count). The number of hydrogen-bond donors (Lipinski definition) is 2. The minimum Gasteiger partial charge on any atom is -0.383 e. The van der Waals surface area contributed by atoms with Gasteiger partial charge in [-0.1, -0.05) is 6.07 Å². The smallest absolute Gasteiger partial charge is 0.383 e. The van der Waals surface area contributed by atoms with Crippen LogP contribution in [0.25, 0.3) is 0 Å². The van der Waals surface area contributed by atoms with Crippen LogP contribution in [0.4, 0.5) is 46.1 Å². The molecule has 0 aliphatic rings. The van der Waals surface area contributed by atoms with E-state index in [1.165, 1.54) is 5.38 Å². The topological polar surface area (TPSA) is 63.3 Å². The molecule has 0 bridgehead atoms. The number of nitrogen functional groups attached to an aromatic ring is 1. The lowest BCUT2D eigenvalue weighted by Crippen LogP contribution is -2.35. The molecule has 26 heavy (non-hydrogen) atoms. The van der Waals surface area contributed by atoms with E-state index < -0.39 is 35.0 Å². The van der Waals surface area contributed by atoms with E-state index in [9.17, 15) is 35.1 Å². The maximum absolute atomic E-state index is 13.5. The number of nitrogens with one attached hydrogen (secondary N) is 1. The van der Waals surface area contributed by atoms with Gasteiger partial charge in [0.25, 0.3) is 0 Å². The summed E-state index contributed by atoms with van der Waals surface area (Å²) in [7, 11) is 0.